The van der Waals surface area contributed by atoms with E-state index in [1.165, 1.54) is 0 Å². The summed E-state index contributed by atoms with van der Waals surface area (Å²) in [4.78, 5) is 0. The molecule has 0 saturated carbocycles. The van der Waals surface area contributed by atoms with Gasteiger partial charge in [0.2, 0.25) is 0 Å². The summed E-state index contributed by atoms with van der Waals surface area (Å²) in [6.07, 6.45) is 0.0393. The molecule has 3 rings (SSSR count). The van der Waals surface area contributed by atoms with Crippen LogP contribution in [0.5, 0.6) is 23.0 Å². The number of anilines is 1. The highest BCUT2D eigenvalue weighted by Gasteiger charge is 2.17. The topological polar surface area (TPSA) is 103 Å². The van der Waals surface area contributed by atoms with Crippen molar-refractivity contribution in [3.8, 4) is 23.0 Å². The zero-order chi connectivity index (χ0) is 23.8. The van der Waals surface area contributed by atoms with Gasteiger partial charge in [0.05, 0.1) is 26.0 Å². The van der Waals surface area contributed by atoms with Gasteiger partial charge in [0.1, 0.15) is 11.5 Å². The molecule has 2 atom stereocenters. The van der Waals surface area contributed by atoms with Crippen molar-refractivity contribution in [1.29, 1.82) is 0 Å². The van der Waals surface area contributed by atoms with Gasteiger partial charge in [-0.05, 0) is 73.0 Å². The molecule has 0 radical (unpaired) electrons. The Morgan fingerprint density at radius 2 is 1.55 bits per heavy atom. The fourth-order valence-electron chi connectivity index (χ4n) is 3.57. The summed E-state index contributed by atoms with van der Waals surface area (Å²) in [5.74, 6) is 1.65. The second-order valence-electron chi connectivity index (χ2n) is 7.92. The zero-order valence-electron chi connectivity index (χ0n) is 19.2. The number of rotatable bonds is 11. The van der Waals surface area contributed by atoms with Crippen LogP contribution in [0.15, 0.2) is 60.7 Å². The maximum absolute atomic E-state index is 10.8. The molecule has 7 heteroatoms. The van der Waals surface area contributed by atoms with E-state index in [1.807, 2.05) is 37.3 Å². The lowest BCUT2D eigenvalue weighted by Crippen LogP contribution is -2.33. The van der Waals surface area contributed by atoms with Crippen molar-refractivity contribution in [2.24, 2.45) is 0 Å². The number of ether oxygens (including phenoxy) is 2. The van der Waals surface area contributed by atoms with E-state index < -0.39 is 6.10 Å². The zero-order valence-corrected chi connectivity index (χ0v) is 19.2. The molecule has 176 valence electrons. The minimum atomic E-state index is -0.743. The molecular formula is C26H32N2O5. The first kappa shape index (κ1) is 24.2. The van der Waals surface area contributed by atoms with Crippen LogP contribution in [0.3, 0.4) is 0 Å². The van der Waals surface area contributed by atoms with Gasteiger partial charge >= 0.3 is 0 Å². The van der Waals surface area contributed by atoms with Gasteiger partial charge in [0.15, 0.2) is 11.5 Å². The van der Waals surface area contributed by atoms with Crippen LogP contribution in [0.2, 0.25) is 0 Å². The Bertz CT molecular complexity index is 1040. The first-order valence-corrected chi connectivity index (χ1v) is 10.9. The van der Waals surface area contributed by atoms with Gasteiger partial charge < -0.3 is 35.4 Å². The summed E-state index contributed by atoms with van der Waals surface area (Å²) in [7, 11) is 3.18. The van der Waals surface area contributed by atoms with Crippen LogP contribution >= 0.6 is 0 Å². The van der Waals surface area contributed by atoms with E-state index in [2.05, 4.69) is 10.6 Å². The normalized spacial score (nSPS) is 12.7. The number of nitrogens with one attached hydrogen (secondary N) is 2. The Kier molecular flexibility index (Phi) is 8.40. The lowest BCUT2D eigenvalue weighted by Gasteiger charge is -2.22. The number of phenols is 2. The Labute approximate surface area is 194 Å². The second kappa shape index (κ2) is 11.4. The third-order valence-corrected chi connectivity index (χ3v) is 5.58. The molecule has 0 saturated heterocycles. The molecule has 0 heterocycles. The number of benzene rings is 3. The lowest BCUT2D eigenvalue weighted by atomic mass is 10.0. The van der Waals surface area contributed by atoms with Crippen molar-refractivity contribution in [3.63, 3.8) is 0 Å². The van der Waals surface area contributed by atoms with Crippen LogP contribution in [0.25, 0.3) is 0 Å². The Hall–Kier alpha value is -3.42. The fourth-order valence-corrected chi connectivity index (χ4v) is 3.57. The highest BCUT2D eigenvalue weighted by atomic mass is 16.5. The Morgan fingerprint density at radius 1 is 0.848 bits per heavy atom. The monoisotopic (exact) mass is 452 g/mol. The molecule has 2 unspecified atom stereocenters. The third-order valence-electron chi connectivity index (χ3n) is 5.58. The molecule has 0 spiro atoms. The molecule has 0 aliphatic rings. The van der Waals surface area contributed by atoms with Crippen LogP contribution in [0, 0.1) is 0 Å². The van der Waals surface area contributed by atoms with Gasteiger partial charge in [-0.25, -0.2) is 0 Å². The molecule has 0 aliphatic heterocycles. The molecule has 0 aromatic heterocycles. The van der Waals surface area contributed by atoms with E-state index in [0.29, 0.717) is 35.8 Å². The maximum Gasteiger partial charge on any atom is 0.161 e. The van der Waals surface area contributed by atoms with Gasteiger partial charge in [0, 0.05) is 12.6 Å². The van der Waals surface area contributed by atoms with E-state index in [4.69, 9.17) is 9.47 Å². The van der Waals surface area contributed by atoms with Crippen LogP contribution < -0.4 is 20.1 Å². The first-order chi connectivity index (χ1) is 15.9. The van der Waals surface area contributed by atoms with E-state index in [1.54, 1.807) is 44.6 Å². The summed E-state index contributed by atoms with van der Waals surface area (Å²) in [6.45, 7) is 3.07. The van der Waals surface area contributed by atoms with E-state index in [9.17, 15) is 15.3 Å². The molecule has 0 bridgehead atoms. The lowest BCUT2D eigenvalue weighted by molar-refractivity contribution is 0.136. The third kappa shape index (κ3) is 6.54. The first-order valence-electron chi connectivity index (χ1n) is 10.9. The number of hydrogen-bond acceptors (Lipinski definition) is 7. The summed E-state index contributed by atoms with van der Waals surface area (Å²) < 4.78 is 10.6. The molecule has 33 heavy (non-hydrogen) atoms. The summed E-state index contributed by atoms with van der Waals surface area (Å²) in [5, 5.41) is 37.0. The number of aromatic hydroxyl groups is 2. The molecule has 3 aromatic carbocycles. The second-order valence-corrected chi connectivity index (χ2v) is 7.92. The molecule has 3 aromatic rings. The van der Waals surface area contributed by atoms with Crippen LogP contribution in [-0.4, -0.2) is 42.1 Å². The van der Waals surface area contributed by atoms with Gasteiger partial charge in [0.25, 0.3) is 0 Å². The maximum atomic E-state index is 10.8. The number of methoxy groups -OCH3 is 2. The smallest absolute Gasteiger partial charge is 0.161 e. The largest absolute Gasteiger partial charge is 0.508 e. The predicted molar refractivity (Wildman–Crippen MR) is 129 cm³/mol. The number of phenolic OH excluding ortho intramolecular Hbond substituents is 2. The standard InChI is InChI=1S/C26H32N2O5/c1-17(27-13-12-18-4-8-21(29)9-5-18)26(31)20-7-10-23(30)22(15-20)28-16-19-6-11-24(32-2)25(14-19)33-3/h4-11,14-15,17,26-31H,12-13,16H2,1-3H3. The average molecular weight is 453 g/mol. The number of aliphatic hydroxyl groups excluding tert-OH is 1. The van der Waals surface area contributed by atoms with Gasteiger partial charge in [-0.3, -0.25) is 0 Å². The highest BCUT2D eigenvalue weighted by Crippen LogP contribution is 2.31. The summed E-state index contributed by atoms with van der Waals surface area (Å²) in [5.41, 5.74) is 3.31. The van der Waals surface area contributed by atoms with Crippen molar-refractivity contribution in [2.45, 2.75) is 32.0 Å². The van der Waals surface area contributed by atoms with Crippen molar-refractivity contribution in [2.75, 3.05) is 26.1 Å². The number of hydrogen-bond donors (Lipinski definition) is 5. The van der Waals surface area contributed by atoms with Crippen LogP contribution in [0.1, 0.15) is 29.7 Å². The quantitative estimate of drug-likeness (QED) is 0.280. The highest BCUT2D eigenvalue weighted by molar-refractivity contribution is 5.58. The summed E-state index contributed by atoms with van der Waals surface area (Å²) in [6, 6.07) is 17.6. The SMILES string of the molecule is COc1ccc(CNc2cc(C(O)C(C)NCCc3ccc(O)cc3)ccc2O)cc1OC. The van der Waals surface area contributed by atoms with Crippen molar-refractivity contribution >= 4 is 5.69 Å². The van der Waals surface area contributed by atoms with Crippen molar-refractivity contribution in [3.05, 3.63) is 77.4 Å². The molecule has 0 aliphatic carbocycles. The van der Waals surface area contributed by atoms with E-state index >= 15 is 0 Å². The fraction of sp³-hybridized carbons (Fsp3) is 0.308. The minimum absolute atomic E-state index is 0.111. The van der Waals surface area contributed by atoms with Crippen molar-refractivity contribution < 1.29 is 24.8 Å². The van der Waals surface area contributed by atoms with Crippen LogP contribution in [0.4, 0.5) is 5.69 Å². The van der Waals surface area contributed by atoms with E-state index in [-0.39, 0.29) is 17.5 Å². The van der Waals surface area contributed by atoms with Crippen LogP contribution in [-0.2, 0) is 13.0 Å². The van der Waals surface area contributed by atoms with Crippen molar-refractivity contribution in [1.82, 2.24) is 5.32 Å². The minimum Gasteiger partial charge on any atom is -0.508 e. The van der Waals surface area contributed by atoms with Gasteiger partial charge in [-0.2, -0.15) is 0 Å². The Balaban J connectivity index is 1.59. The molecule has 0 fully saturated rings. The molecule has 5 N–H and O–H groups in total. The summed E-state index contributed by atoms with van der Waals surface area (Å²) >= 11 is 0. The molecule has 7 nitrogen and oxygen atoms in total. The molecular weight excluding hydrogens is 420 g/mol. The predicted octanol–water partition coefficient (Wildman–Crippen LogP) is 3.98. The Morgan fingerprint density at radius 3 is 2.24 bits per heavy atom. The molecule has 0 amide bonds. The van der Waals surface area contributed by atoms with Gasteiger partial charge in [-0.15, -0.1) is 0 Å². The number of aliphatic hydroxyl groups is 1. The van der Waals surface area contributed by atoms with Gasteiger partial charge in [-0.1, -0.05) is 24.3 Å². The average Bonchev–Trinajstić information content (AvgIpc) is 2.84. The van der Waals surface area contributed by atoms with E-state index in [0.717, 1.165) is 17.5 Å².